The number of carbonyl (C=O) groups excluding carboxylic acids is 1. The van der Waals surface area contributed by atoms with Crippen molar-refractivity contribution in [1.82, 2.24) is 0 Å². The van der Waals surface area contributed by atoms with Crippen molar-refractivity contribution < 1.29 is 19.4 Å². The minimum atomic E-state index is -0.226. The smallest absolute Gasteiger partial charge is 0.157 e. The molecule has 0 bridgehead atoms. The summed E-state index contributed by atoms with van der Waals surface area (Å²) in [6.07, 6.45) is 16.6. The van der Waals surface area contributed by atoms with Crippen molar-refractivity contribution in [1.29, 1.82) is 0 Å². The molecule has 2 saturated carbocycles. The number of carbonyl (C=O) groups is 1. The highest BCUT2D eigenvalue weighted by atomic mass is 16.7. The van der Waals surface area contributed by atoms with E-state index in [1.807, 2.05) is 6.08 Å². The van der Waals surface area contributed by atoms with Crippen LogP contribution in [0.5, 0.6) is 0 Å². The van der Waals surface area contributed by atoms with Gasteiger partial charge in [0.1, 0.15) is 0 Å². The lowest BCUT2D eigenvalue weighted by atomic mass is 9.47. The maximum atomic E-state index is 12.3. The summed E-state index contributed by atoms with van der Waals surface area (Å²) in [5, 5.41) is 11.3. The van der Waals surface area contributed by atoms with Gasteiger partial charge in [0.2, 0.25) is 0 Å². The van der Waals surface area contributed by atoms with Crippen LogP contribution in [-0.2, 0) is 14.3 Å². The number of ketones is 1. The molecule has 1 aromatic carbocycles. The fourth-order valence-electron chi connectivity index (χ4n) is 9.46. The first-order chi connectivity index (χ1) is 20.3. The van der Waals surface area contributed by atoms with E-state index < -0.39 is 0 Å². The zero-order valence-corrected chi connectivity index (χ0v) is 26.3. The van der Waals surface area contributed by atoms with Crippen LogP contribution in [0.15, 0.2) is 47.1 Å². The van der Waals surface area contributed by atoms with Crippen LogP contribution in [0.2, 0.25) is 0 Å². The molecule has 1 heterocycles. The molecule has 4 aliphatic carbocycles. The lowest BCUT2D eigenvalue weighted by Crippen LogP contribution is -2.50. The first kappa shape index (κ1) is 30.1. The van der Waals surface area contributed by atoms with Crippen molar-refractivity contribution in [3.8, 4) is 0 Å². The van der Waals surface area contributed by atoms with Crippen LogP contribution in [0.4, 0.5) is 5.69 Å². The molecule has 42 heavy (non-hydrogen) atoms. The topological polar surface area (TPSA) is 59.0 Å². The second kappa shape index (κ2) is 12.6. The van der Waals surface area contributed by atoms with E-state index in [9.17, 15) is 9.90 Å². The quantitative estimate of drug-likeness (QED) is 0.288. The highest BCUT2D eigenvalue weighted by Crippen LogP contribution is 2.69. The Hall–Kier alpha value is -1.95. The molecule has 6 rings (SSSR count). The molecule has 0 spiro atoms. The van der Waals surface area contributed by atoms with Gasteiger partial charge in [-0.05, 0) is 122 Å². The number of hydrogen-bond donors (Lipinski definition) is 1. The summed E-state index contributed by atoms with van der Waals surface area (Å²) < 4.78 is 11.5. The van der Waals surface area contributed by atoms with Gasteiger partial charge in [0.25, 0.3) is 0 Å². The van der Waals surface area contributed by atoms with Gasteiger partial charge in [-0.25, -0.2) is 0 Å². The Labute approximate surface area is 253 Å². The Morgan fingerprint density at radius 3 is 2.60 bits per heavy atom. The molecule has 5 nitrogen and oxygen atoms in total. The Morgan fingerprint density at radius 2 is 1.81 bits per heavy atom. The fourth-order valence-corrected chi connectivity index (χ4v) is 9.46. The largest absolute Gasteiger partial charge is 0.393 e. The van der Waals surface area contributed by atoms with E-state index in [4.69, 9.17) is 9.47 Å². The average Bonchev–Trinajstić information content (AvgIpc) is 3.31. The first-order valence-corrected chi connectivity index (χ1v) is 17.0. The molecule has 0 aromatic heterocycles. The Bertz CT molecular complexity index is 1180. The molecule has 0 radical (unpaired) electrons. The fraction of sp³-hybridized carbons (Fsp3) is 0.703. The molecule has 1 aromatic rings. The van der Waals surface area contributed by atoms with Gasteiger partial charge in [0.15, 0.2) is 12.1 Å². The van der Waals surface area contributed by atoms with Gasteiger partial charge in [-0.15, -0.1) is 0 Å². The highest BCUT2D eigenvalue weighted by molar-refractivity contribution is 5.93. The van der Waals surface area contributed by atoms with Crippen LogP contribution in [0.25, 0.3) is 0 Å². The van der Waals surface area contributed by atoms with Gasteiger partial charge in [-0.1, -0.05) is 44.4 Å². The van der Waals surface area contributed by atoms with Gasteiger partial charge in [0, 0.05) is 44.8 Å². The van der Waals surface area contributed by atoms with Crippen molar-refractivity contribution >= 4 is 11.5 Å². The Balaban J connectivity index is 1.11. The molecule has 230 valence electrons. The predicted octanol–water partition coefficient (Wildman–Crippen LogP) is 7.88. The van der Waals surface area contributed by atoms with Gasteiger partial charge in [-0.3, -0.25) is 4.79 Å². The molecule has 1 aliphatic heterocycles. The number of fused-ring (bicyclic) bond motifs is 4. The van der Waals surface area contributed by atoms with Crippen molar-refractivity contribution in [2.45, 2.75) is 122 Å². The number of unbranched alkanes of at least 4 members (excludes halogenated alkanes) is 3. The number of hydrogen-bond acceptors (Lipinski definition) is 5. The average molecular weight is 576 g/mol. The molecule has 1 N–H and O–H groups in total. The molecular weight excluding hydrogens is 522 g/mol. The number of aliphatic hydroxyl groups excluding tert-OH is 1. The van der Waals surface area contributed by atoms with E-state index in [-0.39, 0.29) is 23.2 Å². The third-order valence-electron chi connectivity index (χ3n) is 11.8. The highest BCUT2D eigenvalue weighted by Gasteiger charge is 2.61. The van der Waals surface area contributed by atoms with Gasteiger partial charge < -0.3 is 19.5 Å². The molecule has 5 heteroatoms. The second-order valence-corrected chi connectivity index (χ2v) is 14.4. The Morgan fingerprint density at radius 1 is 1.00 bits per heavy atom. The normalized spacial score (nSPS) is 34.5. The van der Waals surface area contributed by atoms with Crippen LogP contribution in [-0.4, -0.2) is 50.1 Å². The number of allylic oxidation sites excluding steroid dienone is 4. The molecule has 2 unspecified atom stereocenters. The lowest BCUT2D eigenvalue weighted by molar-refractivity contribution is -0.162. The van der Waals surface area contributed by atoms with Crippen LogP contribution >= 0.6 is 0 Å². The summed E-state index contributed by atoms with van der Waals surface area (Å²) in [6, 6.07) is 9.32. The molecule has 1 saturated heterocycles. The lowest BCUT2D eigenvalue weighted by Gasteiger charge is -2.58. The van der Waals surface area contributed by atoms with Gasteiger partial charge in [-0.2, -0.15) is 0 Å². The third-order valence-corrected chi connectivity index (χ3v) is 11.8. The molecule has 6 atom stereocenters. The van der Waals surface area contributed by atoms with Crippen molar-refractivity contribution in [3.63, 3.8) is 0 Å². The first-order valence-electron chi connectivity index (χ1n) is 17.0. The summed E-state index contributed by atoms with van der Waals surface area (Å²) in [4.78, 5) is 14.7. The van der Waals surface area contributed by atoms with E-state index in [2.05, 4.69) is 50.1 Å². The zero-order valence-electron chi connectivity index (χ0n) is 26.3. The van der Waals surface area contributed by atoms with Crippen molar-refractivity contribution in [2.75, 3.05) is 31.7 Å². The summed E-state index contributed by atoms with van der Waals surface area (Å²) in [7, 11) is 2.21. The van der Waals surface area contributed by atoms with Crippen molar-refractivity contribution in [3.05, 3.63) is 52.6 Å². The van der Waals surface area contributed by atoms with Crippen molar-refractivity contribution in [2.24, 2.45) is 16.7 Å². The van der Waals surface area contributed by atoms with Crippen LogP contribution < -0.4 is 4.90 Å². The van der Waals surface area contributed by atoms with E-state index in [0.717, 1.165) is 71.1 Å². The van der Waals surface area contributed by atoms with E-state index in [0.29, 0.717) is 24.0 Å². The van der Waals surface area contributed by atoms with E-state index in [1.165, 1.54) is 54.5 Å². The third kappa shape index (κ3) is 5.78. The van der Waals surface area contributed by atoms with Crippen LogP contribution in [0.3, 0.4) is 0 Å². The SMILES string of the molecule is CN(CCCCCCOC1CCCCO1)c1ccc([C@H]2C[C@]3(C)[C@@H](O)CC[C@H]3C3(C)CCC4=CC(=O)CCC4=C23)cc1. The predicted molar refractivity (Wildman–Crippen MR) is 169 cm³/mol. The molecule has 3 fully saturated rings. The maximum Gasteiger partial charge on any atom is 0.157 e. The van der Waals surface area contributed by atoms with Crippen LogP contribution in [0, 0.1) is 16.7 Å². The standard InChI is InChI=1S/C37H53NO4/c1-36-20-19-27-24-29(39)15-16-30(27)35(36)31(25-37(2)32(36)17-18-33(37)40)26-11-13-28(14-12-26)38(3)21-7-4-5-8-22-41-34-10-6-9-23-42-34/h11-14,24,31-34,40H,4-10,15-23,25H2,1-3H3/t31-,32+,33+,34?,36?,37+/m1/s1. The second-order valence-electron chi connectivity index (χ2n) is 14.4. The number of anilines is 1. The molecular formula is C37H53NO4. The number of aliphatic hydroxyl groups is 1. The summed E-state index contributed by atoms with van der Waals surface area (Å²) >= 11 is 0. The number of nitrogens with zero attached hydrogens (tertiary/aromatic N) is 1. The number of rotatable bonds is 10. The summed E-state index contributed by atoms with van der Waals surface area (Å²) in [6.45, 7) is 7.57. The van der Waals surface area contributed by atoms with Gasteiger partial charge >= 0.3 is 0 Å². The monoisotopic (exact) mass is 575 g/mol. The van der Waals surface area contributed by atoms with E-state index >= 15 is 0 Å². The molecule has 5 aliphatic rings. The summed E-state index contributed by atoms with van der Waals surface area (Å²) in [5.41, 5.74) is 7.06. The molecule has 0 amide bonds. The minimum absolute atomic E-state index is 0.0308. The zero-order chi connectivity index (χ0) is 29.3. The number of benzene rings is 1. The van der Waals surface area contributed by atoms with Crippen LogP contribution in [0.1, 0.15) is 115 Å². The van der Waals surface area contributed by atoms with E-state index in [1.54, 1.807) is 5.57 Å². The Kier molecular flexibility index (Phi) is 9.01. The van der Waals surface area contributed by atoms with Gasteiger partial charge in [0.05, 0.1) is 6.10 Å². The maximum absolute atomic E-state index is 12.3. The summed E-state index contributed by atoms with van der Waals surface area (Å²) in [5.74, 6) is 1.10. The number of ether oxygens (including phenoxy) is 2. The minimum Gasteiger partial charge on any atom is -0.393 e.